The van der Waals surface area contributed by atoms with Gasteiger partial charge in [-0.05, 0) is 23.2 Å². The molecular formula is C19H40. The summed E-state index contributed by atoms with van der Waals surface area (Å²) in [6.45, 7) is 17.0. The van der Waals surface area contributed by atoms with E-state index in [1.807, 2.05) is 0 Å². The third kappa shape index (κ3) is 4.80. The molecule has 0 aromatic carbocycles. The van der Waals surface area contributed by atoms with Gasteiger partial charge >= 0.3 is 0 Å². The van der Waals surface area contributed by atoms with Crippen molar-refractivity contribution < 1.29 is 0 Å². The second-order valence-electron chi connectivity index (χ2n) is 6.72. The summed E-state index contributed by atoms with van der Waals surface area (Å²) in [5.41, 5.74) is 0.551. The summed E-state index contributed by atoms with van der Waals surface area (Å²) < 4.78 is 0. The first kappa shape index (κ1) is 19.0. The van der Waals surface area contributed by atoms with E-state index in [9.17, 15) is 0 Å². The fraction of sp³-hybridized carbons (Fsp3) is 1.00. The zero-order chi connectivity index (χ0) is 14.9. The van der Waals surface area contributed by atoms with Gasteiger partial charge in [-0.2, -0.15) is 0 Å². The van der Waals surface area contributed by atoms with Gasteiger partial charge in [-0.25, -0.2) is 0 Å². The van der Waals surface area contributed by atoms with Crippen LogP contribution in [-0.4, -0.2) is 0 Å². The van der Waals surface area contributed by atoms with Crippen molar-refractivity contribution in [2.45, 2.75) is 99.8 Å². The highest BCUT2D eigenvalue weighted by molar-refractivity contribution is 4.89. The highest BCUT2D eigenvalue weighted by Crippen LogP contribution is 2.49. The van der Waals surface area contributed by atoms with Gasteiger partial charge in [0.1, 0.15) is 0 Å². The van der Waals surface area contributed by atoms with Crippen LogP contribution in [0.25, 0.3) is 0 Å². The monoisotopic (exact) mass is 268 g/mol. The third-order valence-electron chi connectivity index (χ3n) is 5.86. The molecule has 0 fully saturated rings. The van der Waals surface area contributed by atoms with E-state index in [4.69, 9.17) is 0 Å². The normalized spacial score (nSPS) is 19.7. The van der Waals surface area contributed by atoms with Gasteiger partial charge < -0.3 is 0 Å². The lowest BCUT2D eigenvalue weighted by atomic mass is 9.58. The molecule has 0 bridgehead atoms. The molecule has 0 aliphatic rings. The SMILES string of the molecule is CCCC(CC)C(CC)C(C)(CC)C(CC)CCC. The first-order chi connectivity index (χ1) is 9.05. The average molecular weight is 269 g/mol. The van der Waals surface area contributed by atoms with Gasteiger partial charge in [-0.1, -0.05) is 99.8 Å². The Bertz CT molecular complexity index is 208. The Morgan fingerprint density at radius 3 is 1.63 bits per heavy atom. The molecule has 0 amide bonds. The Kier molecular flexibility index (Phi) is 9.83. The lowest BCUT2D eigenvalue weighted by Gasteiger charge is -2.47. The van der Waals surface area contributed by atoms with Gasteiger partial charge in [0.05, 0.1) is 0 Å². The van der Waals surface area contributed by atoms with Gasteiger partial charge in [0, 0.05) is 0 Å². The molecule has 0 saturated carbocycles. The molecule has 0 N–H and O–H groups in total. The van der Waals surface area contributed by atoms with Crippen molar-refractivity contribution in [3.05, 3.63) is 0 Å². The minimum atomic E-state index is 0.551. The number of hydrogen-bond acceptors (Lipinski definition) is 0. The number of rotatable bonds is 11. The van der Waals surface area contributed by atoms with Crippen molar-refractivity contribution in [2.24, 2.45) is 23.2 Å². The maximum absolute atomic E-state index is 2.60. The molecule has 19 heavy (non-hydrogen) atoms. The van der Waals surface area contributed by atoms with Crippen molar-refractivity contribution in [3.63, 3.8) is 0 Å². The zero-order valence-corrected chi connectivity index (χ0v) is 14.9. The quantitative estimate of drug-likeness (QED) is 0.375. The van der Waals surface area contributed by atoms with Crippen LogP contribution < -0.4 is 0 Å². The molecule has 0 heteroatoms. The van der Waals surface area contributed by atoms with Crippen LogP contribution in [0.4, 0.5) is 0 Å². The van der Waals surface area contributed by atoms with Crippen molar-refractivity contribution in [3.8, 4) is 0 Å². The Morgan fingerprint density at radius 1 is 0.737 bits per heavy atom. The molecule has 4 atom stereocenters. The Labute approximate surface area is 123 Å². The Morgan fingerprint density at radius 2 is 1.32 bits per heavy atom. The van der Waals surface area contributed by atoms with E-state index >= 15 is 0 Å². The minimum absolute atomic E-state index is 0.551. The maximum atomic E-state index is 2.60. The predicted octanol–water partition coefficient (Wildman–Crippen LogP) is 7.08. The molecule has 0 nitrogen and oxygen atoms in total. The van der Waals surface area contributed by atoms with Crippen LogP contribution in [0.3, 0.4) is 0 Å². The van der Waals surface area contributed by atoms with E-state index in [1.165, 1.54) is 51.4 Å². The van der Waals surface area contributed by atoms with Crippen molar-refractivity contribution in [1.29, 1.82) is 0 Å². The van der Waals surface area contributed by atoms with Crippen LogP contribution in [0.15, 0.2) is 0 Å². The second kappa shape index (κ2) is 9.83. The maximum Gasteiger partial charge on any atom is -0.0269 e. The zero-order valence-electron chi connectivity index (χ0n) is 14.9. The smallest absolute Gasteiger partial charge is 0.0269 e. The molecule has 0 aromatic rings. The molecule has 4 unspecified atom stereocenters. The molecule has 0 rings (SSSR count). The fourth-order valence-electron chi connectivity index (χ4n) is 4.60. The standard InChI is InChI=1S/C19H40/c1-8-14-16(10-3)18(12-5)19(7,13-6)17(11-4)15-9-2/h16-18H,8-15H2,1-7H3. The summed E-state index contributed by atoms with van der Waals surface area (Å²) in [7, 11) is 0. The van der Waals surface area contributed by atoms with Crippen LogP contribution in [0.5, 0.6) is 0 Å². The second-order valence-corrected chi connectivity index (χ2v) is 6.72. The largest absolute Gasteiger partial charge is 0.0654 e. The van der Waals surface area contributed by atoms with E-state index in [2.05, 4.69) is 48.5 Å². The van der Waals surface area contributed by atoms with Crippen LogP contribution in [0.1, 0.15) is 99.8 Å². The predicted molar refractivity (Wildman–Crippen MR) is 89.6 cm³/mol. The third-order valence-corrected chi connectivity index (χ3v) is 5.86. The summed E-state index contributed by atoms with van der Waals surface area (Å²) in [6.07, 6.45) is 11.0. The molecule has 0 heterocycles. The fourth-order valence-corrected chi connectivity index (χ4v) is 4.60. The van der Waals surface area contributed by atoms with E-state index in [0.717, 1.165) is 17.8 Å². The molecule has 0 saturated heterocycles. The molecular weight excluding hydrogens is 228 g/mol. The Balaban J connectivity index is 5.19. The van der Waals surface area contributed by atoms with Gasteiger partial charge in [-0.3, -0.25) is 0 Å². The van der Waals surface area contributed by atoms with Gasteiger partial charge in [-0.15, -0.1) is 0 Å². The first-order valence-electron chi connectivity index (χ1n) is 9.05. The van der Waals surface area contributed by atoms with E-state index in [0.29, 0.717) is 5.41 Å². The molecule has 0 aliphatic heterocycles. The van der Waals surface area contributed by atoms with Crippen LogP contribution in [0.2, 0.25) is 0 Å². The van der Waals surface area contributed by atoms with Crippen LogP contribution in [0, 0.1) is 23.2 Å². The van der Waals surface area contributed by atoms with E-state index < -0.39 is 0 Å². The number of hydrogen-bond donors (Lipinski definition) is 0. The highest BCUT2D eigenvalue weighted by atomic mass is 14.4. The van der Waals surface area contributed by atoms with Crippen LogP contribution in [-0.2, 0) is 0 Å². The summed E-state index contributed by atoms with van der Waals surface area (Å²) in [5, 5.41) is 0. The molecule has 0 spiro atoms. The summed E-state index contributed by atoms with van der Waals surface area (Å²) in [6, 6.07) is 0. The lowest BCUT2D eigenvalue weighted by molar-refractivity contribution is 0.0275. The lowest BCUT2D eigenvalue weighted by Crippen LogP contribution is -2.38. The Hall–Kier alpha value is 0. The van der Waals surface area contributed by atoms with Crippen LogP contribution >= 0.6 is 0 Å². The minimum Gasteiger partial charge on any atom is -0.0654 e. The van der Waals surface area contributed by atoms with Gasteiger partial charge in [0.25, 0.3) is 0 Å². The summed E-state index contributed by atoms with van der Waals surface area (Å²) in [4.78, 5) is 0. The molecule has 0 aliphatic carbocycles. The molecule has 0 radical (unpaired) electrons. The first-order valence-corrected chi connectivity index (χ1v) is 9.05. The average Bonchev–Trinajstić information content (AvgIpc) is 2.43. The van der Waals surface area contributed by atoms with Crippen molar-refractivity contribution in [1.82, 2.24) is 0 Å². The van der Waals surface area contributed by atoms with Crippen molar-refractivity contribution >= 4 is 0 Å². The highest BCUT2D eigenvalue weighted by Gasteiger charge is 2.40. The molecule has 116 valence electrons. The van der Waals surface area contributed by atoms with Gasteiger partial charge in [0.15, 0.2) is 0 Å². The summed E-state index contributed by atoms with van der Waals surface area (Å²) >= 11 is 0. The summed E-state index contributed by atoms with van der Waals surface area (Å²) in [5.74, 6) is 2.77. The van der Waals surface area contributed by atoms with E-state index in [1.54, 1.807) is 0 Å². The van der Waals surface area contributed by atoms with Crippen molar-refractivity contribution in [2.75, 3.05) is 0 Å². The molecule has 0 aromatic heterocycles. The topological polar surface area (TPSA) is 0 Å². The van der Waals surface area contributed by atoms with E-state index in [-0.39, 0.29) is 0 Å². The van der Waals surface area contributed by atoms with Gasteiger partial charge in [0.2, 0.25) is 0 Å².